The Bertz CT molecular complexity index is 287. The number of rotatable bonds is 0. The number of aromatic hydroxyl groups is 1. The number of para-hydroxylation sites is 1. The zero-order valence-corrected chi connectivity index (χ0v) is 10.2. The van der Waals surface area contributed by atoms with Crippen molar-refractivity contribution < 1.29 is 26.8 Å². The van der Waals surface area contributed by atoms with Crippen molar-refractivity contribution in [3.8, 4) is 5.75 Å². The molecule has 0 aromatic heterocycles. The van der Waals surface area contributed by atoms with Crippen LogP contribution in [0.3, 0.4) is 0 Å². The Morgan fingerprint density at radius 3 is 2.08 bits per heavy atom. The topological polar surface area (TPSA) is 20.2 Å². The van der Waals surface area contributed by atoms with Gasteiger partial charge in [-0.2, -0.15) is 0 Å². The summed E-state index contributed by atoms with van der Waals surface area (Å²) in [7, 11) is 0. The van der Waals surface area contributed by atoms with E-state index in [0.717, 1.165) is 11.1 Å². The number of benzene rings is 1. The molecule has 70 valence electrons. The number of hydrogen-bond donors (Lipinski definition) is 1. The van der Waals surface area contributed by atoms with Crippen molar-refractivity contribution in [1.29, 1.82) is 0 Å². The molecular formula is C11H16OTi. The van der Waals surface area contributed by atoms with E-state index in [-0.39, 0.29) is 27.1 Å². The Balaban J connectivity index is 0.00000144. The molecule has 0 fully saturated rings. The minimum atomic E-state index is 0. The van der Waals surface area contributed by atoms with Gasteiger partial charge in [-0.05, 0) is 23.5 Å². The third-order valence-electron chi connectivity index (χ3n) is 2.05. The maximum Gasteiger partial charge on any atom is 0.122 e. The summed E-state index contributed by atoms with van der Waals surface area (Å²) in [5, 5.41) is 9.73. The van der Waals surface area contributed by atoms with E-state index in [9.17, 15) is 5.11 Å². The average molecular weight is 212 g/mol. The fraction of sp³-hybridized carbons (Fsp3) is 0.455. The van der Waals surface area contributed by atoms with Crippen LogP contribution in [0.15, 0.2) is 18.2 Å². The first kappa shape index (κ1) is 12.7. The van der Waals surface area contributed by atoms with Gasteiger partial charge >= 0.3 is 0 Å². The van der Waals surface area contributed by atoms with Crippen LogP contribution >= 0.6 is 0 Å². The van der Waals surface area contributed by atoms with E-state index in [1.54, 1.807) is 0 Å². The first-order chi connectivity index (χ1) is 5.43. The zero-order chi connectivity index (χ0) is 9.35. The van der Waals surface area contributed by atoms with E-state index in [4.69, 9.17) is 0 Å². The second kappa shape index (κ2) is 4.30. The van der Waals surface area contributed by atoms with E-state index in [0.29, 0.717) is 5.75 Å². The summed E-state index contributed by atoms with van der Waals surface area (Å²) in [6.45, 7) is 8.22. The van der Waals surface area contributed by atoms with Gasteiger partial charge in [-0.3, -0.25) is 0 Å². The van der Waals surface area contributed by atoms with Gasteiger partial charge in [0, 0.05) is 21.7 Å². The Kier molecular flexibility index (Phi) is 4.21. The van der Waals surface area contributed by atoms with Crippen molar-refractivity contribution in [2.75, 3.05) is 0 Å². The first-order valence-electron chi connectivity index (χ1n) is 4.22. The zero-order valence-electron chi connectivity index (χ0n) is 8.68. The third-order valence-corrected chi connectivity index (χ3v) is 2.05. The molecule has 2 heteroatoms. The molecule has 0 spiro atoms. The number of phenols is 1. The van der Waals surface area contributed by atoms with Crippen molar-refractivity contribution in [3.63, 3.8) is 0 Å². The van der Waals surface area contributed by atoms with E-state index in [1.165, 1.54) is 0 Å². The smallest absolute Gasteiger partial charge is 0.122 e. The molecule has 1 aromatic carbocycles. The van der Waals surface area contributed by atoms with Crippen LogP contribution in [0.5, 0.6) is 5.75 Å². The fourth-order valence-electron chi connectivity index (χ4n) is 1.26. The van der Waals surface area contributed by atoms with E-state index >= 15 is 0 Å². The molecule has 1 rings (SSSR count). The molecular weight excluding hydrogens is 196 g/mol. The summed E-state index contributed by atoms with van der Waals surface area (Å²) in [6, 6.07) is 5.88. The number of phenolic OH excluding ortho intramolecular Hbond substituents is 1. The molecule has 0 radical (unpaired) electrons. The maximum atomic E-state index is 9.73. The van der Waals surface area contributed by atoms with Crippen LogP contribution in [0.4, 0.5) is 0 Å². The average Bonchev–Trinajstić information content (AvgIpc) is 1.92. The van der Waals surface area contributed by atoms with Gasteiger partial charge in [0.2, 0.25) is 0 Å². The van der Waals surface area contributed by atoms with Crippen LogP contribution in [0.1, 0.15) is 31.9 Å². The number of aryl methyl sites for hydroxylation is 1. The molecule has 0 saturated carbocycles. The van der Waals surface area contributed by atoms with Crippen molar-refractivity contribution in [2.45, 2.75) is 33.1 Å². The molecule has 0 saturated heterocycles. The quantitative estimate of drug-likeness (QED) is 0.655. The molecule has 0 aliphatic heterocycles. The van der Waals surface area contributed by atoms with Crippen molar-refractivity contribution in [1.82, 2.24) is 0 Å². The van der Waals surface area contributed by atoms with Crippen LogP contribution in [-0.4, -0.2) is 5.11 Å². The normalized spacial score (nSPS) is 10.8. The molecule has 13 heavy (non-hydrogen) atoms. The molecule has 0 atom stereocenters. The van der Waals surface area contributed by atoms with Gasteiger partial charge in [0.1, 0.15) is 5.75 Å². The second-order valence-corrected chi connectivity index (χ2v) is 4.22. The summed E-state index contributed by atoms with van der Waals surface area (Å²) >= 11 is 0. The summed E-state index contributed by atoms with van der Waals surface area (Å²) in [5.74, 6) is 0.435. The molecule has 1 N–H and O–H groups in total. The monoisotopic (exact) mass is 212 g/mol. The summed E-state index contributed by atoms with van der Waals surface area (Å²) in [5.41, 5.74) is 1.99. The molecule has 0 aliphatic rings. The minimum Gasteiger partial charge on any atom is -0.507 e. The van der Waals surface area contributed by atoms with Crippen molar-refractivity contribution in [2.24, 2.45) is 0 Å². The van der Waals surface area contributed by atoms with E-state index in [1.807, 2.05) is 25.1 Å². The van der Waals surface area contributed by atoms with E-state index in [2.05, 4.69) is 20.8 Å². The molecule has 0 bridgehead atoms. The summed E-state index contributed by atoms with van der Waals surface area (Å²) in [6.07, 6.45) is 0. The second-order valence-electron chi connectivity index (χ2n) is 4.22. The van der Waals surface area contributed by atoms with Crippen LogP contribution in [0.2, 0.25) is 0 Å². The SMILES string of the molecule is Cc1cccc(C(C)(C)C)c1O.[Ti]. The predicted octanol–water partition coefficient (Wildman–Crippen LogP) is 3.00. The van der Waals surface area contributed by atoms with E-state index < -0.39 is 0 Å². The van der Waals surface area contributed by atoms with Gasteiger partial charge in [0.05, 0.1) is 0 Å². The standard InChI is InChI=1S/C11H16O.Ti/c1-8-6-5-7-9(10(8)12)11(2,3)4;/h5-7,12H,1-4H3;. The number of hydrogen-bond acceptors (Lipinski definition) is 1. The predicted molar refractivity (Wildman–Crippen MR) is 51.5 cm³/mol. The molecule has 0 unspecified atom stereocenters. The maximum absolute atomic E-state index is 9.73. The van der Waals surface area contributed by atoms with Gasteiger partial charge in [-0.1, -0.05) is 39.0 Å². The minimum absolute atomic E-state index is 0. The molecule has 1 aromatic rings. The van der Waals surface area contributed by atoms with Gasteiger partial charge in [0.25, 0.3) is 0 Å². The largest absolute Gasteiger partial charge is 0.507 e. The van der Waals surface area contributed by atoms with Gasteiger partial charge in [-0.25, -0.2) is 0 Å². The Labute approximate surface area is 95.1 Å². The van der Waals surface area contributed by atoms with Crippen molar-refractivity contribution in [3.05, 3.63) is 29.3 Å². The van der Waals surface area contributed by atoms with Crippen LogP contribution in [-0.2, 0) is 27.1 Å². The third kappa shape index (κ3) is 2.86. The van der Waals surface area contributed by atoms with Gasteiger partial charge in [0.15, 0.2) is 0 Å². The molecule has 1 nitrogen and oxygen atoms in total. The Morgan fingerprint density at radius 2 is 1.69 bits per heavy atom. The molecule has 0 heterocycles. The summed E-state index contributed by atoms with van der Waals surface area (Å²) in [4.78, 5) is 0. The first-order valence-corrected chi connectivity index (χ1v) is 4.22. The summed E-state index contributed by atoms with van der Waals surface area (Å²) < 4.78 is 0. The fourth-order valence-corrected chi connectivity index (χ4v) is 1.26. The van der Waals surface area contributed by atoms with Gasteiger partial charge in [-0.15, -0.1) is 0 Å². The van der Waals surface area contributed by atoms with Crippen LogP contribution < -0.4 is 0 Å². The van der Waals surface area contributed by atoms with Gasteiger partial charge < -0.3 is 5.11 Å². The molecule has 0 aliphatic carbocycles. The Hall–Kier alpha value is -0.266. The van der Waals surface area contributed by atoms with Crippen LogP contribution in [0.25, 0.3) is 0 Å². The molecule has 0 amide bonds. The Morgan fingerprint density at radius 1 is 1.15 bits per heavy atom. The van der Waals surface area contributed by atoms with Crippen molar-refractivity contribution >= 4 is 0 Å². The van der Waals surface area contributed by atoms with Crippen LogP contribution in [0, 0.1) is 6.92 Å².